The molecule has 1 fully saturated rings. The van der Waals surface area contributed by atoms with Gasteiger partial charge in [-0.15, -0.1) is 0 Å². The van der Waals surface area contributed by atoms with E-state index in [4.69, 9.17) is 9.79 Å². The summed E-state index contributed by atoms with van der Waals surface area (Å²) in [7, 11) is -4.51. The van der Waals surface area contributed by atoms with Gasteiger partial charge in [0, 0.05) is 5.41 Å². The van der Waals surface area contributed by atoms with Gasteiger partial charge in [0.1, 0.15) is 5.75 Å². The van der Waals surface area contributed by atoms with Gasteiger partial charge >= 0.3 is 7.82 Å². The number of hydrogen-bond acceptors (Lipinski definition) is 2. The minimum Gasteiger partial charge on any atom is -0.404 e. The highest BCUT2D eigenvalue weighted by Crippen LogP contribution is 2.45. The summed E-state index contributed by atoms with van der Waals surface area (Å²) < 4.78 is 15.6. The molecule has 0 radical (unpaired) electrons. The first-order valence-corrected chi connectivity index (χ1v) is 9.44. The van der Waals surface area contributed by atoms with Gasteiger partial charge in [-0.1, -0.05) is 61.7 Å². The third-order valence-electron chi connectivity index (χ3n) is 4.66. The monoisotopic (exact) mass is 332 g/mol. The summed E-state index contributed by atoms with van der Waals surface area (Å²) in [5, 5.41) is 0. The van der Waals surface area contributed by atoms with Gasteiger partial charge in [-0.05, 0) is 36.1 Å². The molecule has 5 heteroatoms. The van der Waals surface area contributed by atoms with Crippen molar-refractivity contribution in [1.29, 1.82) is 0 Å². The summed E-state index contributed by atoms with van der Waals surface area (Å²) in [6.07, 6.45) is 5.82. The molecule has 3 rings (SSSR count). The molecule has 0 aliphatic heterocycles. The molecular weight excluding hydrogens is 311 g/mol. The van der Waals surface area contributed by atoms with Gasteiger partial charge in [0.05, 0.1) is 0 Å². The molecule has 122 valence electrons. The molecule has 0 bridgehead atoms. The Kier molecular flexibility index (Phi) is 4.58. The number of phosphoric ester groups is 1. The van der Waals surface area contributed by atoms with E-state index < -0.39 is 7.82 Å². The van der Waals surface area contributed by atoms with Crippen LogP contribution in [0.1, 0.15) is 43.2 Å². The third kappa shape index (κ3) is 3.66. The van der Waals surface area contributed by atoms with Crippen molar-refractivity contribution >= 4 is 7.82 Å². The molecule has 2 aromatic carbocycles. The highest BCUT2D eigenvalue weighted by molar-refractivity contribution is 7.46. The lowest BCUT2D eigenvalue weighted by atomic mass is 9.65. The lowest BCUT2D eigenvalue weighted by Crippen LogP contribution is -2.30. The van der Waals surface area contributed by atoms with Gasteiger partial charge < -0.3 is 4.52 Å². The summed E-state index contributed by atoms with van der Waals surface area (Å²) >= 11 is 0. The molecule has 0 aromatic heterocycles. The number of phosphoric acid groups is 1. The van der Waals surface area contributed by atoms with E-state index in [1.54, 1.807) is 12.1 Å². The molecular formula is C18H21O4P. The smallest absolute Gasteiger partial charge is 0.404 e. The van der Waals surface area contributed by atoms with Crippen molar-refractivity contribution in [3.63, 3.8) is 0 Å². The standard InChI is InChI=1S/C18H21O4P/c19-23(20,21)22-17-11-9-16(10-12-17)18(13-5-2-6-14-18)15-7-3-1-4-8-15/h1,3-4,7-12H,2,5-6,13-14H2,(H2,19,20,21). The Morgan fingerprint density at radius 2 is 1.39 bits per heavy atom. The van der Waals surface area contributed by atoms with Crippen LogP contribution in [0.4, 0.5) is 0 Å². The topological polar surface area (TPSA) is 66.8 Å². The van der Waals surface area contributed by atoms with Crippen molar-refractivity contribution in [3.8, 4) is 5.75 Å². The lowest BCUT2D eigenvalue weighted by molar-refractivity contribution is 0.283. The van der Waals surface area contributed by atoms with Gasteiger partial charge in [-0.25, -0.2) is 4.57 Å². The second-order valence-electron chi connectivity index (χ2n) is 6.12. The second kappa shape index (κ2) is 6.48. The van der Waals surface area contributed by atoms with E-state index >= 15 is 0 Å². The zero-order valence-electron chi connectivity index (χ0n) is 12.9. The number of rotatable bonds is 4. The van der Waals surface area contributed by atoms with Crippen molar-refractivity contribution in [2.24, 2.45) is 0 Å². The summed E-state index contributed by atoms with van der Waals surface area (Å²) in [5.74, 6) is 0.195. The van der Waals surface area contributed by atoms with Crippen LogP contribution in [-0.2, 0) is 9.98 Å². The van der Waals surface area contributed by atoms with Crippen LogP contribution in [0.15, 0.2) is 54.6 Å². The predicted octanol–water partition coefficient (Wildman–Crippen LogP) is 4.41. The first-order chi connectivity index (χ1) is 11.0. The molecule has 1 aliphatic carbocycles. The van der Waals surface area contributed by atoms with E-state index in [-0.39, 0.29) is 11.2 Å². The Hall–Kier alpha value is -1.61. The second-order valence-corrected chi connectivity index (χ2v) is 7.28. The van der Waals surface area contributed by atoms with E-state index in [9.17, 15) is 4.57 Å². The fourth-order valence-electron chi connectivity index (χ4n) is 3.63. The molecule has 1 saturated carbocycles. The number of hydrogen-bond donors (Lipinski definition) is 2. The maximum atomic E-state index is 10.9. The largest absolute Gasteiger partial charge is 0.524 e. The molecule has 2 aromatic rings. The molecule has 2 N–H and O–H groups in total. The molecule has 4 nitrogen and oxygen atoms in total. The van der Waals surface area contributed by atoms with Crippen LogP contribution < -0.4 is 4.52 Å². The molecule has 23 heavy (non-hydrogen) atoms. The molecule has 0 atom stereocenters. The normalized spacial score (nSPS) is 17.7. The van der Waals surface area contributed by atoms with Crippen molar-refractivity contribution in [2.75, 3.05) is 0 Å². The van der Waals surface area contributed by atoms with Gasteiger partial charge in [-0.2, -0.15) is 0 Å². The first-order valence-electron chi connectivity index (χ1n) is 7.91. The van der Waals surface area contributed by atoms with Crippen LogP contribution in [0.5, 0.6) is 5.75 Å². The molecule has 0 heterocycles. The van der Waals surface area contributed by atoms with Gasteiger partial charge in [-0.3, -0.25) is 9.79 Å². The zero-order valence-corrected chi connectivity index (χ0v) is 13.8. The Labute approximate surface area is 136 Å². The van der Waals surface area contributed by atoms with Crippen molar-refractivity contribution in [1.82, 2.24) is 0 Å². The summed E-state index contributed by atoms with van der Waals surface area (Å²) in [6.45, 7) is 0. The zero-order chi connectivity index (χ0) is 16.3. The van der Waals surface area contributed by atoms with E-state index in [0.717, 1.165) is 12.8 Å². The highest BCUT2D eigenvalue weighted by Gasteiger charge is 2.35. The molecule has 0 amide bonds. The van der Waals surface area contributed by atoms with Crippen LogP contribution in [-0.4, -0.2) is 9.79 Å². The Morgan fingerprint density at radius 3 is 1.96 bits per heavy atom. The predicted molar refractivity (Wildman–Crippen MR) is 89.4 cm³/mol. The average molecular weight is 332 g/mol. The molecule has 0 unspecified atom stereocenters. The minimum absolute atomic E-state index is 0.0137. The Balaban J connectivity index is 1.96. The lowest BCUT2D eigenvalue weighted by Gasteiger charge is -2.38. The van der Waals surface area contributed by atoms with E-state index in [1.807, 2.05) is 18.2 Å². The summed E-state index contributed by atoms with van der Waals surface area (Å²) in [5.41, 5.74) is 2.48. The Bertz CT molecular complexity index is 685. The van der Waals surface area contributed by atoms with Crippen LogP contribution in [0, 0.1) is 0 Å². The fourth-order valence-corrected chi connectivity index (χ4v) is 4.03. The third-order valence-corrected chi connectivity index (χ3v) is 5.11. The van der Waals surface area contributed by atoms with Gasteiger partial charge in [0.15, 0.2) is 0 Å². The van der Waals surface area contributed by atoms with Crippen LogP contribution in [0.25, 0.3) is 0 Å². The van der Waals surface area contributed by atoms with E-state index in [2.05, 4.69) is 28.8 Å². The first kappa shape index (κ1) is 16.3. The fraction of sp³-hybridized carbons (Fsp3) is 0.333. The molecule has 1 aliphatic rings. The summed E-state index contributed by atoms with van der Waals surface area (Å²) in [4.78, 5) is 17.8. The van der Waals surface area contributed by atoms with Crippen molar-refractivity contribution < 1.29 is 18.9 Å². The average Bonchev–Trinajstić information content (AvgIpc) is 2.55. The van der Waals surface area contributed by atoms with Crippen molar-refractivity contribution in [2.45, 2.75) is 37.5 Å². The minimum atomic E-state index is -4.51. The van der Waals surface area contributed by atoms with Crippen LogP contribution >= 0.6 is 7.82 Å². The van der Waals surface area contributed by atoms with Crippen LogP contribution in [0.3, 0.4) is 0 Å². The maximum absolute atomic E-state index is 10.9. The number of benzene rings is 2. The summed E-state index contributed by atoms with van der Waals surface area (Å²) in [6, 6.07) is 17.7. The van der Waals surface area contributed by atoms with Crippen LogP contribution in [0.2, 0.25) is 0 Å². The maximum Gasteiger partial charge on any atom is 0.524 e. The van der Waals surface area contributed by atoms with Crippen molar-refractivity contribution in [3.05, 3.63) is 65.7 Å². The van der Waals surface area contributed by atoms with E-state index in [1.165, 1.54) is 30.4 Å². The SMILES string of the molecule is O=P(O)(O)Oc1ccc(C2(c3ccccc3)CCCCC2)cc1. The Morgan fingerprint density at radius 1 is 0.826 bits per heavy atom. The van der Waals surface area contributed by atoms with Gasteiger partial charge in [0.2, 0.25) is 0 Å². The molecule has 0 spiro atoms. The highest BCUT2D eigenvalue weighted by atomic mass is 31.2. The molecule has 0 saturated heterocycles. The van der Waals surface area contributed by atoms with Gasteiger partial charge in [0.25, 0.3) is 0 Å². The van der Waals surface area contributed by atoms with E-state index in [0.29, 0.717) is 0 Å². The quantitative estimate of drug-likeness (QED) is 0.814.